The molecule has 1 aliphatic heterocycles. The Morgan fingerprint density at radius 2 is 2.24 bits per heavy atom. The van der Waals surface area contributed by atoms with Gasteiger partial charge in [-0.2, -0.15) is 0 Å². The van der Waals surface area contributed by atoms with Crippen molar-refractivity contribution in [2.45, 2.75) is 18.6 Å². The molecule has 0 radical (unpaired) electrons. The molecule has 1 amide bonds. The zero-order valence-corrected chi connectivity index (χ0v) is 11.5. The quantitative estimate of drug-likeness (QED) is 0.792. The molecule has 7 heteroatoms. The predicted octanol–water partition coefficient (Wildman–Crippen LogP) is 0.0827. The first kappa shape index (κ1) is 13.6. The van der Waals surface area contributed by atoms with Crippen LogP contribution < -0.4 is 0 Å². The molecule has 3 rings (SSSR count). The maximum absolute atomic E-state index is 12.5. The number of pyridine rings is 1. The lowest BCUT2D eigenvalue weighted by atomic mass is 10.2. The van der Waals surface area contributed by atoms with Gasteiger partial charge >= 0.3 is 5.97 Å². The van der Waals surface area contributed by atoms with E-state index in [0.717, 1.165) is 0 Å². The van der Waals surface area contributed by atoms with Crippen molar-refractivity contribution in [3.63, 3.8) is 0 Å². The number of rotatable bonds is 2. The largest absolute Gasteiger partial charge is 0.467 e. The molecule has 0 spiro atoms. The molecular formula is C14H15N3O4. The van der Waals surface area contributed by atoms with Gasteiger partial charge in [0.25, 0.3) is 5.91 Å². The van der Waals surface area contributed by atoms with Gasteiger partial charge in [0, 0.05) is 25.4 Å². The smallest absolute Gasteiger partial charge is 0.328 e. The molecule has 7 nitrogen and oxygen atoms in total. The zero-order valence-electron chi connectivity index (χ0n) is 11.5. The molecule has 0 saturated carbocycles. The molecule has 2 aromatic rings. The van der Waals surface area contributed by atoms with E-state index >= 15 is 0 Å². The van der Waals surface area contributed by atoms with Crippen LogP contribution in [0.5, 0.6) is 0 Å². The minimum Gasteiger partial charge on any atom is -0.467 e. The predicted molar refractivity (Wildman–Crippen MR) is 72.7 cm³/mol. The van der Waals surface area contributed by atoms with Crippen LogP contribution in [0.25, 0.3) is 5.65 Å². The molecule has 2 aromatic heterocycles. The highest BCUT2D eigenvalue weighted by molar-refractivity contribution is 5.96. The summed E-state index contributed by atoms with van der Waals surface area (Å²) < 4.78 is 6.42. The van der Waals surface area contributed by atoms with E-state index in [1.807, 2.05) is 12.1 Å². The summed E-state index contributed by atoms with van der Waals surface area (Å²) in [5, 5.41) is 9.72. The fourth-order valence-electron chi connectivity index (χ4n) is 2.58. The zero-order chi connectivity index (χ0) is 15.0. The summed E-state index contributed by atoms with van der Waals surface area (Å²) in [4.78, 5) is 29.8. The molecule has 1 aliphatic rings. The number of β-amino-alcohol motifs (C(OH)–C–C–N with tert-alkyl or cyclic N) is 1. The molecule has 110 valence electrons. The van der Waals surface area contributed by atoms with Crippen molar-refractivity contribution in [1.82, 2.24) is 14.3 Å². The van der Waals surface area contributed by atoms with Gasteiger partial charge in [-0.1, -0.05) is 6.07 Å². The maximum Gasteiger partial charge on any atom is 0.328 e. The summed E-state index contributed by atoms with van der Waals surface area (Å²) in [7, 11) is 1.26. The fraction of sp³-hybridized carbons (Fsp3) is 0.357. The number of ether oxygens (including phenoxy) is 1. The van der Waals surface area contributed by atoms with E-state index in [1.165, 1.54) is 12.0 Å². The minimum absolute atomic E-state index is 0.104. The van der Waals surface area contributed by atoms with Crippen molar-refractivity contribution in [3.8, 4) is 0 Å². The van der Waals surface area contributed by atoms with Crippen LogP contribution in [0, 0.1) is 0 Å². The Balaban J connectivity index is 1.91. The van der Waals surface area contributed by atoms with Crippen LogP contribution in [0.15, 0.2) is 30.6 Å². The Hall–Kier alpha value is -2.41. The van der Waals surface area contributed by atoms with Gasteiger partial charge in [0.2, 0.25) is 0 Å². The Bertz CT molecular complexity index is 663. The fourth-order valence-corrected chi connectivity index (χ4v) is 2.58. The number of fused-ring (bicyclic) bond motifs is 1. The number of aromatic nitrogens is 2. The normalized spacial score (nSPS) is 21.7. The van der Waals surface area contributed by atoms with Gasteiger partial charge in [-0.25, -0.2) is 9.78 Å². The van der Waals surface area contributed by atoms with Gasteiger partial charge in [0.15, 0.2) is 0 Å². The minimum atomic E-state index is -0.762. The number of esters is 1. The Labute approximate surface area is 120 Å². The lowest BCUT2D eigenvalue weighted by Crippen LogP contribution is -2.41. The van der Waals surface area contributed by atoms with Crippen LogP contribution >= 0.6 is 0 Å². The van der Waals surface area contributed by atoms with Crippen molar-refractivity contribution in [2.75, 3.05) is 13.7 Å². The Morgan fingerprint density at radius 3 is 2.95 bits per heavy atom. The van der Waals surface area contributed by atoms with E-state index in [-0.39, 0.29) is 24.6 Å². The number of imidazole rings is 1. The van der Waals surface area contributed by atoms with Crippen LogP contribution in [0.1, 0.15) is 16.9 Å². The van der Waals surface area contributed by atoms with Gasteiger partial charge in [-0.15, -0.1) is 0 Å². The second kappa shape index (κ2) is 5.17. The monoisotopic (exact) mass is 289 g/mol. The number of amides is 1. The number of aliphatic hydroxyl groups is 1. The number of hydrogen-bond acceptors (Lipinski definition) is 5. The van der Waals surface area contributed by atoms with Gasteiger partial charge in [-0.05, 0) is 12.1 Å². The van der Waals surface area contributed by atoms with Crippen LogP contribution in [0.4, 0.5) is 0 Å². The van der Waals surface area contributed by atoms with E-state index in [0.29, 0.717) is 5.65 Å². The third-order valence-electron chi connectivity index (χ3n) is 3.60. The van der Waals surface area contributed by atoms with E-state index < -0.39 is 18.1 Å². The first-order valence-electron chi connectivity index (χ1n) is 6.60. The number of carbonyl (C=O) groups excluding carboxylic acids is 2. The molecule has 0 aliphatic carbocycles. The number of methoxy groups -OCH3 is 1. The molecule has 21 heavy (non-hydrogen) atoms. The lowest BCUT2D eigenvalue weighted by Gasteiger charge is -2.21. The van der Waals surface area contributed by atoms with Crippen LogP contribution in [-0.4, -0.2) is 57.1 Å². The van der Waals surface area contributed by atoms with Crippen molar-refractivity contribution in [2.24, 2.45) is 0 Å². The summed E-state index contributed by atoms with van der Waals surface area (Å²) in [5.74, 6) is -0.908. The first-order valence-corrected chi connectivity index (χ1v) is 6.60. The van der Waals surface area contributed by atoms with E-state index in [2.05, 4.69) is 9.72 Å². The van der Waals surface area contributed by atoms with E-state index in [9.17, 15) is 14.7 Å². The molecule has 3 heterocycles. The van der Waals surface area contributed by atoms with Crippen LogP contribution in [-0.2, 0) is 9.53 Å². The Kier molecular flexibility index (Phi) is 3.34. The molecule has 1 fully saturated rings. The van der Waals surface area contributed by atoms with Crippen LogP contribution in [0.3, 0.4) is 0 Å². The standard InChI is InChI=1S/C14H15N3O4/c1-21-14(20)11-6-9(18)7-17(11)13(19)10-8-16-5-3-2-4-12(16)15-10/h2-5,8-9,11,18H,6-7H2,1H3. The third kappa shape index (κ3) is 2.36. The molecule has 2 unspecified atom stereocenters. The number of aliphatic hydroxyl groups excluding tert-OH is 1. The van der Waals surface area contributed by atoms with Crippen molar-refractivity contribution in [1.29, 1.82) is 0 Å². The highest BCUT2D eigenvalue weighted by Crippen LogP contribution is 2.21. The summed E-state index contributed by atoms with van der Waals surface area (Å²) in [6.07, 6.45) is 2.85. The Morgan fingerprint density at radius 1 is 1.43 bits per heavy atom. The highest BCUT2D eigenvalue weighted by Gasteiger charge is 2.40. The molecule has 1 N–H and O–H groups in total. The van der Waals surface area contributed by atoms with Gasteiger partial charge in [0.1, 0.15) is 17.4 Å². The number of likely N-dealkylation sites (tertiary alicyclic amines) is 1. The second-order valence-corrected chi connectivity index (χ2v) is 4.98. The lowest BCUT2D eigenvalue weighted by molar-refractivity contribution is -0.145. The molecule has 1 saturated heterocycles. The topological polar surface area (TPSA) is 84.1 Å². The molecular weight excluding hydrogens is 274 g/mol. The highest BCUT2D eigenvalue weighted by atomic mass is 16.5. The summed E-state index contributed by atoms with van der Waals surface area (Å²) in [6, 6.07) is 4.68. The SMILES string of the molecule is COC(=O)C1CC(O)CN1C(=O)c1cn2ccccc2n1. The van der Waals surface area contributed by atoms with Crippen molar-refractivity contribution >= 4 is 17.5 Å². The van der Waals surface area contributed by atoms with E-state index in [1.54, 1.807) is 22.9 Å². The molecule has 0 bridgehead atoms. The number of hydrogen-bond donors (Lipinski definition) is 1. The maximum atomic E-state index is 12.5. The average Bonchev–Trinajstić information content (AvgIpc) is 3.09. The second-order valence-electron chi connectivity index (χ2n) is 4.98. The van der Waals surface area contributed by atoms with Crippen LogP contribution in [0.2, 0.25) is 0 Å². The summed E-state index contributed by atoms with van der Waals surface area (Å²) in [5.41, 5.74) is 0.888. The molecule has 0 aromatic carbocycles. The van der Waals surface area contributed by atoms with Crippen molar-refractivity contribution in [3.05, 3.63) is 36.3 Å². The number of carbonyl (C=O) groups is 2. The average molecular weight is 289 g/mol. The summed E-state index contributed by atoms with van der Waals surface area (Å²) in [6.45, 7) is 0.104. The van der Waals surface area contributed by atoms with E-state index in [4.69, 9.17) is 0 Å². The molecule has 2 atom stereocenters. The first-order chi connectivity index (χ1) is 10.1. The third-order valence-corrected chi connectivity index (χ3v) is 3.60. The summed E-state index contributed by atoms with van der Waals surface area (Å²) >= 11 is 0. The van der Waals surface area contributed by atoms with Gasteiger partial charge < -0.3 is 19.1 Å². The number of nitrogens with zero attached hydrogens (tertiary/aromatic N) is 3. The van der Waals surface area contributed by atoms with Gasteiger partial charge in [-0.3, -0.25) is 4.79 Å². The van der Waals surface area contributed by atoms with Crippen molar-refractivity contribution < 1.29 is 19.4 Å². The van der Waals surface area contributed by atoms with Gasteiger partial charge in [0.05, 0.1) is 13.2 Å².